The summed E-state index contributed by atoms with van der Waals surface area (Å²) in [5.41, 5.74) is 1.46. The van der Waals surface area contributed by atoms with Gasteiger partial charge in [0.1, 0.15) is 28.5 Å². The number of amides is 3. The molecule has 3 rings (SSSR count). The second-order valence-electron chi connectivity index (χ2n) is 12.8. The lowest BCUT2D eigenvalue weighted by atomic mass is 9.99. The highest BCUT2D eigenvalue weighted by Crippen LogP contribution is 2.38. The lowest BCUT2D eigenvalue weighted by molar-refractivity contribution is -0.119. The Bertz CT molecular complexity index is 1290. The van der Waals surface area contributed by atoms with Crippen LogP contribution < -0.4 is 16.0 Å². The number of carbonyl (C=O) groups is 3. The van der Waals surface area contributed by atoms with E-state index in [2.05, 4.69) is 51.5 Å². The average molecular weight is 667 g/mol. The predicted octanol–water partition coefficient (Wildman–Crippen LogP) is 7.13. The topological polar surface area (TPSA) is 133 Å². The van der Waals surface area contributed by atoms with E-state index in [1.165, 1.54) is 7.11 Å². The molecule has 3 N–H and O–H groups in total. The smallest absolute Gasteiger partial charge is 0.411 e. The number of nitrogens with one attached hydrogen (secondary N) is 3. The second kappa shape index (κ2) is 14.0. The molecule has 2 heterocycles. The maximum Gasteiger partial charge on any atom is 0.411 e. The Morgan fingerprint density at radius 2 is 1.90 bits per heavy atom. The van der Waals surface area contributed by atoms with Crippen LogP contribution in [-0.4, -0.2) is 55.0 Å². The molecule has 11 nitrogen and oxygen atoms in total. The van der Waals surface area contributed by atoms with Crippen molar-refractivity contribution in [3.05, 3.63) is 28.6 Å². The SMILES string of the molecule is COC(=O)Nc1ccc2c(c1)NC(=O)[C@H](C)CCC[C@H](NC(=O)OC(C)(C)C)c1nc-2c(Br)n1COCC[Si](C)(C)C. The standard InChI is InChI=1S/C29H44BrN5O6Si/c1-18-10-9-11-21(33-28(38)41-29(2,3)4)25-34-23(24(30)35(25)17-40-14-15-42(6,7)8)20-13-12-19(31-27(37)39-5)16-22(20)32-26(18)36/h12-13,16,18,21H,9-11,14-15,17H2,1-8H3,(H,31,37)(H,32,36)(H,33,38)/t18-,21+/m1/s1. The van der Waals surface area contributed by atoms with Gasteiger partial charge in [0.15, 0.2) is 0 Å². The molecule has 13 heteroatoms. The van der Waals surface area contributed by atoms with Crippen molar-refractivity contribution >= 4 is 53.5 Å². The van der Waals surface area contributed by atoms with E-state index in [1.54, 1.807) is 18.2 Å². The molecule has 2 bridgehead atoms. The summed E-state index contributed by atoms with van der Waals surface area (Å²) in [6.07, 6.45) is 0.624. The Hall–Kier alpha value is -2.90. The zero-order valence-corrected chi connectivity index (χ0v) is 28.4. The third kappa shape index (κ3) is 9.56. The largest absolute Gasteiger partial charge is 0.453 e. The number of imidazole rings is 1. The van der Waals surface area contributed by atoms with Crippen molar-refractivity contribution in [1.82, 2.24) is 14.9 Å². The number of aromatic nitrogens is 2. The first kappa shape index (κ1) is 33.6. The number of rotatable bonds is 7. The van der Waals surface area contributed by atoms with Gasteiger partial charge in [0.05, 0.1) is 18.8 Å². The number of methoxy groups -OCH3 is 1. The van der Waals surface area contributed by atoms with Crippen LogP contribution in [0.25, 0.3) is 11.3 Å². The third-order valence-corrected chi connectivity index (χ3v) is 9.20. The van der Waals surface area contributed by atoms with Gasteiger partial charge in [-0.15, -0.1) is 0 Å². The molecule has 1 aliphatic heterocycles. The monoisotopic (exact) mass is 665 g/mol. The second-order valence-corrected chi connectivity index (χ2v) is 19.2. The molecule has 2 atom stereocenters. The fourth-order valence-electron chi connectivity index (χ4n) is 4.38. The molecule has 0 aliphatic carbocycles. The van der Waals surface area contributed by atoms with Gasteiger partial charge in [0.2, 0.25) is 5.91 Å². The number of hydrogen-bond donors (Lipinski definition) is 3. The number of ether oxygens (including phenoxy) is 3. The summed E-state index contributed by atoms with van der Waals surface area (Å²) in [7, 11) is -0.0239. The van der Waals surface area contributed by atoms with Gasteiger partial charge in [-0.25, -0.2) is 14.6 Å². The molecule has 2 aromatic rings. The van der Waals surface area contributed by atoms with Crippen molar-refractivity contribution in [3.63, 3.8) is 0 Å². The molecule has 1 aromatic heterocycles. The van der Waals surface area contributed by atoms with Crippen LogP contribution in [0.15, 0.2) is 22.8 Å². The molecule has 1 aliphatic rings. The van der Waals surface area contributed by atoms with Gasteiger partial charge in [-0.3, -0.25) is 14.7 Å². The van der Waals surface area contributed by atoms with Gasteiger partial charge < -0.3 is 24.8 Å². The number of benzene rings is 1. The lowest BCUT2D eigenvalue weighted by Gasteiger charge is -2.25. The minimum Gasteiger partial charge on any atom is -0.453 e. The van der Waals surface area contributed by atoms with Gasteiger partial charge in [-0.2, -0.15) is 0 Å². The first-order valence-electron chi connectivity index (χ1n) is 14.2. The van der Waals surface area contributed by atoms with E-state index in [1.807, 2.05) is 32.3 Å². The van der Waals surface area contributed by atoms with E-state index >= 15 is 0 Å². The Morgan fingerprint density at radius 1 is 1.19 bits per heavy atom. The fraction of sp³-hybridized carbons (Fsp3) is 0.586. The normalized spacial score (nSPS) is 17.7. The van der Waals surface area contributed by atoms with Gasteiger partial charge in [0, 0.05) is 31.8 Å². The molecule has 42 heavy (non-hydrogen) atoms. The summed E-state index contributed by atoms with van der Waals surface area (Å²) < 4.78 is 19.0. The molecular formula is C29H44BrN5O6Si. The number of fused-ring (bicyclic) bond motifs is 4. The molecule has 1 aromatic carbocycles. The van der Waals surface area contributed by atoms with Crippen molar-refractivity contribution < 1.29 is 28.6 Å². The quantitative estimate of drug-likeness (QED) is 0.212. The van der Waals surface area contributed by atoms with E-state index in [4.69, 9.17) is 19.2 Å². The summed E-state index contributed by atoms with van der Waals surface area (Å²) >= 11 is 3.75. The molecule has 0 saturated carbocycles. The van der Waals surface area contributed by atoms with E-state index in [9.17, 15) is 14.4 Å². The minimum absolute atomic E-state index is 0.158. The summed E-state index contributed by atoms with van der Waals surface area (Å²) in [6.45, 7) is 15.0. The molecule has 0 radical (unpaired) electrons. The molecule has 0 fully saturated rings. The highest BCUT2D eigenvalue weighted by molar-refractivity contribution is 9.10. The highest BCUT2D eigenvalue weighted by atomic mass is 79.9. The van der Waals surface area contributed by atoms with Crippen LogP contribution in [0.1, 0.15) is 58.8 Å². The van der Waals surface area contributed by atoms with Crippen LogP contribution in [0.5, 0.6) is 0 Å². The van der Waals surface area contributed by atoms with Gasteiger partial charge in [-0.1, -0.05) is 33.0 Å². The Labute approximate surface area is 257 Å². The van der Waals surface area contributed by atoms with Crippen molar-refractivity contribution in [2.24, 2.45) is 5.92 Å². The maximum atomic E-state index is 13.2. The zero-order valence-electron chi connectivity index (χ0n) is 25.9. The predicted molar refractivity (Wildman–Crippen MR) is 169 cm³/mol. The van der Waals surface area contributed by atoms with Crippen LogP contribution in [0.2, 0.25) is 25.7 Å². The summed E-state index contributed by atoms with van der Waals surface area (Å²) in [5, 5.41) is 8.69. The average Bonchev–Trinajstić information content (AvgIpc) is 3.19. The first-order valence-corrected chi connectivity index (χ1v) is 18.7. The number of alkyl carbamates (subject to hydrolysis) is 1. The Kier molecular flexibility index (Phi) is 11.2. The van der Waals surface area contributed by atoms with Crippen molar-refractivity contribution in [1.29, 1.82) is 0 Å². The summed E-state index contributed by atoms with van der Waals surface area (Å²) in [4.78, 5) is 43.0. The summed E-state index contributed by atoms with van der Waals surface area (Å²) in [5.74, 6) is 0.154. The molecule has 3 amide bonds. The lowest BCUT2D eigenvalue weighted by Crippen LogP contribution is -2.36. The number of halogens is 1. The Morgan fingerprint density at radius 3 is 2.55 bits per heavy atom. The Balaban J connectivity index is 2.12. The zero-order chi connectivity index (χ0) is 31.2. The number of nitrogens with zero attached hydrogens (tertiary/aromatic N) is 2. The summed E-state index contributed by atoms with van der Waals surface area (Å²) in [6, 6.07) is 5.67. The van der Waals surface area contributed by atoms with Crippen LogP contribution in [-0.2, 0) is 25.7 Å². The number of carbonyl (C=O) groups excluding carboxylic acids is 3. The number of anilines is 2. The van der Waals surface area contributed by atoms with E-state index < -0.39 is 31.9 Å². The van der Waals surface area contributed by atoms with Crippen molar-refractivity contribution in [3.8, 4) is 11.3 Å². The third-order valence-electron chi connectivity index (χ3n) is 6.70. The van der Waals surface area contributed by atoms with Crippen molar-refractivity contribution in [2.75, 3.05) is 24.4 Å². The van der Waals surface area contributed by atoms with Crippen LogP contribution in [0, 0.1) is 5.92 Å². The molecular weight excluding hydrogens is 622 g/mol. The van der Waals surface area contributed by atoms with E-state index in [0.29, 0.717) is 58.9 Å². The molecule has 0 saturated heterocycles. The number of hydrogen-bond acceptors (Lipinski definition) is 7. The first-order chi connectivity index (χ1) is 19.6. The van der Waals surface area contributed by atoms with E-state index in [0.717, 1.165) is 6.04 Å². The van der Waals surface area contributed by atoms with Gasteiger partial charge in [-0.05, 0) is 73.8 Å². The van der Waals surface area contributed by atoms with Crippen LogP contribution >= 0.6 is 15.9 Å². The van der Waals surface area contributed by atoms with Gasteiger partial charge in [0.25, 0.3) is 0 Å². The highest BCUT2D eigenvalue weighted by Gasteiger charge is 2.29. The molecule has 0 spiro atoms. The van der Waals surface area contributed by atoms with Crippen LogP contribution in [0.3, 0.4) is 0 Å². The fourth-order valence-corrected chi connectivity index (χ4v) is 5.72. The maximum absolute atomic E-state index is 13.2. The molecule has 232 valence electrons. The minimum atomic E-state index is -1.31. The van der Waals surface area contributed by atoms with Crippen molar-refractivity contribution in [2.45, 2.75) is 91.0 Å². The van der Waals surface area contributed by atoms with Crippen LogP contribution in [0.4, 0.5) is 21.0 Å². The van der Waals surface area contributed by atoms with E-state index in [-0.39, 0.29) is 18.6 Å². The van der Waals surface area contributed by atoms with Gasteiger partial charge >= 0.3 is 12.2 Å². The molecule has 0 unspecified atom stereocenters.